The Morgan fingerprint density at radius 1 is 0.871 bits per heavy atom. The van der Waals surface area contributed by atoms with Crippen molar-refractivity contribution in [3.8, 4) is 17.1 Å². The Balaban J connectivity index is 1.10. The van der Waals surface area contributed by atoms with Crippen molar-refractivity contribution < 1.29 is 9.15 Å². The van der Waals surface area contributed by atoms with Crippen LogP contribution < -0.4 is 10.4 Å². The lowest BCUT2D eigenvalue weighted by Crippen LogP contribution is -2.00. The van der Waals surface area contributed by atoms with Gasteiger partial charge >= 0.3 is 5.63 Å². The zero-order chi connectivity index (χ0) is 21.3. The van der Waals surface area contributed by atoms with E-state index in [2.05, 4.69) is 40.0 Å². The third kappa shape index (κ3) is 5.85. The molecule has 31 heavy (non-hydrogen) atoms. The summed E-state index contributed by atoms with van der Waals surface area (Å²) in [6.07, 6.45) is 11.0. The molecule has 0 fully saturated rings. The van der Waals surface area contributed by atoms with Crippen molar-refractivity contribution in [2.75, 3.05) is 6.61 Å². The van der Waals surface area contributed by atoms with Crippen LogP contribution in [0.15, 0.2) is 82.3 Å². The van der Waals surface area contributed by atoms with Crippen molar-refractivity contribution in [3.05, 3.63) is 83.5 Å². The molecule has 5 heteroatoms. The van der Waals surface area contributed by atoms with Crippen molar-refractivity contribution in [3.63, 3.8) is 0 Å². The van der Waals surface area contributed by atoms with E-state index in [1.54, 1.807) is 12.1 Å². The molecule has 0 spiro atoms. The highest BCUT2D eigenvalue weighted by atomic mass is 16.5. The van der Waals surface area contributed by atoms with Crippen molar-refractivity contribution in [1.29, 1.82) is 0 Å². The van der Waals surface area contributed by atoms with Crippen LogP contribution in [0, 0.1) is 0 Å². The Morgan fingerprint density at radius 2 is 1.65 bits per heavy atom. The van der Waals surface area contributed by atoms with Gasteiger partial charge in [-0.25, -0.2) is 9.78 Å². The number of hydrogen-bond acceptors (Lipinski definition) is 4. The first-order valence-electron chi connectivity index (χ1n) is 11.0. The largest absolute Gasteiger partial charge is 0.493 e. The molecule has 4 rings (SSSR count). The number of imidazole rings is 1. The summed E-state index contributed by atoms with van der Waals surface area (Å²) in [5.41, 5.74) is 1.40. The number of aryl methyl sites for hydroxylation is 1. The SMILES string of the molecule is O=c1ccc2ccc(OCCCCCCCCn3ccnc3-c3ccccc3)cc2o1. The molecule has 0 saturated carbocycles. The quantitative estimate of drug-likeness (QED) is 0.220. The molecule has 0 amide bonds. The molecule has 0 aliphatic carbocycles. The van der Waals surface area contributed by atoms with Crippen LogP contribution in [0.4, 0.5) is 0 Å². The summed E-state index contributed by atoms with van der Waals surface area (Å²) < 4.78 is 13.3. The molecule has 0 unspecified atom stereocenters. The minimum absolute atomic E-state index is 0.339. The summed E-state index contributed by atoms with van der Waals surface area (Å²) in [4.78, 5) is 15.8. The Bertz CT molecular complexity index is 1150. The number of benzene rings is 2. The van der Waals surface area contributed by atoms with E-state index >= 15 is 0 Å². The van der Waals surface area contributed by atoms with E-state index in [0.717, 1.165) is 42.8 Å². The first-order chi connectivity index (χ1) is 15.3. The van der Waals surface area contributed by atoms with Crippen molar-refractivity contribution in [2.45, 2.75) is 45.1 Å². The highest BCUT2D eigenvalue weighted by Gasteiger charge is 2.05. The van der Waals surface area contributed by atoms with E-state index in [1.165, 1.54) is 30.9 Å². The normalized spacial score (nSPS) is 11.1. The Morgan fingerprint density at radius 3 is 2.52 bits per heavy atom. The van der Waals surface area contributed by atoms with Gasteiger partial charge in [0.05, 0.1) is 6.61 Å². The summed E-state index contributed by atoms with van der Waals surface area (Å²) in [6, 6.07) is 19.2. The summed E-state index contributed by atoms with van der Waals surface area (Å²) in [6.45, 7) is 1.68. The zero-order valence-corrected chi connectivity index (χ0v) is 17.7. The number of aromatic nitrogens is 2. The maximum Gasteiger partial charge on any atom is 0.336 e. The second kappa shape index (κ2) is 10.6. The molecule has 0 aliphatic heterocycles. The molecule has 0 radical (unpaired) electrons. The molecule has 0 bridgehead atoms. The summed E-state index contributed by atoms with van der Waals surface area (Å²) in [5.74, 6) is 1.79. The van der Waals surface area contributed by atoms with Crippen LogP contribution in [0.1, 0.15) is 38.5 Å². The third-order valence-corrected chi connectivity index (χ3v) is 5.40. The van der Waals surface area contributed by atoms with E-state index in [1.807, 2.05) is 24.4 Å². The molecule has 160 valence electrons. The fourth-order valence-electron chi connectivity index (χ4n) is 3.75. The van der Waals surface area contributed by atoms with Crippen LogP contribution in [0.3, 0.4) is 0 Å². The van der Waals surface area contributed by atoms with Gasteiger partial charge in [-0.2, -0.15) is 0 Å². The molecule has 4 aromatic rings. The average Bonchev–Trinajstić information content (AvgIpc) is 3.27. The fraction of sp³-hybridized carbons (Fsp3) is 0.308. The molecule has 2 aromatic carbocycles. The molecule has 2 aromatic heterocycles. The van der Waals surface area contributed by atoms with Crippen molar-refractivity contribution >= 4 is 11.0 Å². The van der Waals surface area contributed by atoms with Gasteiger partial charge in [-0.3, -0.25) is 0 Å². The predicted molar refractivity (Wildman–Crippen MR) is 123 cm³/mol. The minimum atomic E-state index is -0.339. The van der Waals surface area contributed by atoms with Gasteiger partial charge in [0, 0.05) is 42.0 Å². The van der Waals surface area contributed by atoms with Crippen LogP contribution >= 0.6 is 0 Å². The number of nitrogens with zero attached hydrogens (tertiary/aromatic N) is 2. The second-order valence-corrected chi connectivity index (χ2v) is 7.73. The highest BCUT2D eigenvalue weighted by Crippen LogP contribution is 2.20. The number of hydrogen-bond donors (Lipinski definition) is 0. The van der Waals surface area contributed by atoms with E-state index in [0.29, 0.717) is 12.2 Å². The van der Waals surface area contributed by atoms with Gasteiger partial charge in [0.25, 0.3) is 0 Å². The van der Waals surface area contributed by atoms with Crippen LogP contribution in [0.5, 0.6) is 5.75 Å². The van der Waals surface area contributed by atoms with E-state index in [9.17, 15) is 4.79 Å². The smallest absolute Gasteiger partial charge is 0.336 e. The Hall–Kier alpha value is -3.34. The maximum atomic E-state index is 11.3. The summed E-state index contributed by atoms with van der Waals surface area (Å²) in [5, 5.41) is 0.901. The molecule has 2 heterocycles. The molecular weight excluding hydrogens is 388 g/mol. The molecule has 0 N–H and O–H groups in total. The summed E-state index contributed by atoms with van der Waals surface area (Å²) in [7, 11) is 0. The van der Waals surface area contributed by atoms with Gasteiger partial charge in [0.2, 0.25) is 0 Å². The van der Waals surface area contributed by atoms with Gasteiger partial charge in [-0.15, -0.1) is 0 Å². The van der Waals surface area contributed by atoms with Crippen LogP contribution in [0.25, 0.3) is 22.4 Å². The molecule has 5 nitrogen and oxygen atoms in total. The van der Waals surface area contributed by atoms with E-state index in [4.69, 9.17) is 9.15 Å². The molecule has 0 aliphatic rings. The number of rotatable bonds is 11. The second-order valence-electron chi connectivity index (χ2n) is 7.73. The van der Waals surface area contributed by atoms with Crippen LogP contribution in [-0.2, 0) is 6.54 Å². The standard InChI is InChI=1S/C26H28N2O3/c29-25-15-13-21-12-14-23(20-24(21)31-25)30-19-9-4-2-1-3-8-17-28-18-16-27-26(28)22-10-6-5-7-11-22/h5-7,10-16,18,20H,1-4,8-9,17,19H2. The lowest BCUT2D eigenvalue weighted by atomic mass is 10.1. The monoisotopic (exact) mass is 416 g/mol. The number of fused-ring (bicyclic) bond motifs is 1. The predicted octanol–water partition coefficient (Wildman–Crippen LogP) is 6.08. The fourth-order valence-corrected chi connectivity index (χ4v) is 3.75. The lowest BCUT2D eigenvalue weighted by Gasteiger charge is -2.08. The minimum Gasteiger partial charge on any atom is -0.493 e. The van der Waals surface area contributed by atoms with Crippen LogP contribution in [0.2, 0.25) is 0 Å². The van der Waals surface area contributed by atoms with Gasteiger partial charge in [0.1, 0.15) is 17.2 Å². The number of unbranched alkanes of at least 4 members (excludes halogenated alkanes) is 5. The topological polar surface area (TPSA) is 57.3 Å². The van der Waals surface area contributed by atoms with Gasteiger partial charge in [-0.05, 0) is 31.0 Å². The lowest BCUT2D eigenvalue weighted by molar-refractivity contribution is 0.304. The van der Waals surface area contributed by atoms with Crippen molar-refractivity contribution in [2.24, 2.45) is 0 Å². The summed E-state index contributed by atoms with van der Waals surface area (Å²) >= 11 is 0. The molecule has 0 saturated heterocycles. The van der Waals surface area contributed by atoms with Gasteiger partial charge in [0.15, 0.2) is 0 Å². The molecular formula is C26H28N2O3. The first-order valence-corrected chi connectivity index (χ1v) is 11.0. The van der Waals surface area contributed by atoms with E-state index < -0.39 is 0 Å². The van der Waals surface area contributed by atoms with Crippen LogP contribution in [-0.4, -0.2) is 16.2 Å². The maximum absolute atomic E-state index is 11.3. The average molecular weight is 417 g/mol. The Labute approximate surface area is 182 Å². The zero-order valence-electron chi connectivity index (χ0n) is 17.7. The highest BCUT2D eigenvalue weighted by molar-refractivity contribution is 5.77. The van der Waals surface area contributed by atoms with Crippen molar-refractivity contribution in [1.82, 2.24) is 9.55 Å². The van der Waals surface area contributed by atoms with Gasteiger partial charge < -0.3 is 13.7 Å². The van der Waals surface area contributed by atoms with E-state index in [-0.39, 0.29) is 5.63 Å². The first kappa shape index (κ1) is 20.9. The number of ether oxygens (including phenoxy) is 1. The third-order valence-electron chi connectivity index (χ3n) is 5.40. The van der Waals surface area contributed by atoms with Gasteiger partial charge in [-0.1, -0.05) is 56.0 Å². The Kier molecular flexibility index (Phi) is 7.16. The molecule has 0 atom stereocenters.